The van der Waals surface area contributed by atoms with E-state index in [1.54, 1.807) is 12.1 Å². The summed E-state index contributed by atoms with van der Waals surface area (Å²) in [5.41, 5.74) is 0. The second-order valence-electron chi connectivity index (χ2n) is 2.40. The van der Waals surface area contributed by atoms with Crippen LogP contribution in [-0.2, 0) is 4.79 Å². The summed E-state index contributed by atoms with van der Waals surface area (Å²) in [7, 11) is 0. The molecule has 1 amide bonds. The average molecular weight is 308 g/mol. The molecule has 6 heteroatoms. The van der Waals surface area contributed by atoms with E-state index in [1.807, 2.05) is 0 Å². The fraction of sp³-hybridized carbons (Fsp3) is 0.143. The molecule has 1 aliphatic heterocycles. The van der Waals surface area contributed by atoms with Gasteiger partial charge in [-0.15, -0.1) is 0 Å². The third-order valence-corrected chi connectivity index (χ3v) is 2.55. The molecule has 1 unspecified atom stereocenters. The number of amides is 1. The third kappa shape index (κ3) is 1.68. The van der Waals surface area contributed by atoms with E-state index in [-0.39, 0.29) is 5.91 Å². The molecular weight excluding hydrogens is 304 g/mol. The lowest BCUT2D eigenvalue weighted by molar-refractivity contribution is -0.119. The Balaban J connectivity index is 2.42. The fourth-order valence-electron chi connectivity index (χ4n) is 0.946. The number of hydrogen-bond acceptors (Lipinski definition) is 3. The number of aromatic nitrogens is 1. The molecule has 0 fully saturated rings. The number of rotatable bonds is 0. The Kier molecular flexibility index (Phi) is 2.25. The number of hydrogen-bond donors (Lipinski definition) is 1. The molecule has 1 aliphatic rings. The van der Waals surface area contributed by atoms with Crippen molar-refractivity contribution >= 4 is 43.6 Å². The number of nitrogens with one attached hydrogen (secondary N) is 1. The second kappa shape index (κ2) is 3.26. The molecule has 0 saturated heterocycles. The largest absolute Gasteiger partial charge is 0.465 e. The molecule has 13 heavy (non-hydrogen) atoms. The predicted molar refractivity (Wildman–Crippen MR) is 53.9 cm³/mol. The van der Waals surface area contributed by atoms with Gasteiger partial charge in [-0.3, -0.25) is 4.79 Å². The van der Waals surface area contributed by atoms with Gasteiger partial charge in [0.2, 0.25) is 5.01 Å². The molecular formula is C7H4Br2N2O2. The van der Waals surface area contributed by atoms with Crippen molar-refractivity contribution in [2.24, 2.45) is 0 Å². The monoisotopic (exact) mass is 306 g/mol. The first-order chi connectivity index (χ1) is 6.16. The zero-order valence-electron chi connectivity index (χ0n) is 6.25. The Morgan fingerprint density at radius 1 is 1.54 bits per heavy atom. The summed E-state index contributed by atoms with van der Waals surface area (Å²) < 4.78 is 5.88. The summed E-state index contributed by atoms with van der Waals surface area (Å²) in [4.78, 5) is 15.2. The number of fused-ring (bicyclic) bond motifs is 1. The SMILES string of the molecule is O=C1Nc2nc(Br)ccc2OC1Br. The van der Waals surface area contributed by atoms with Gasteiger partial charge in [-0.2, -0.15) is 0 Å². The molecule has 1 aromatic heterocycles. The summed E-state index contributed by atoms with van der Waals surface area (Å²) in [5.74, 6) is 0.748. The number of carbonyl (C=O) groups excluding carboxylic acids is 1. The topological polar surface area (TPSA) is 51.2 Å². The zero-order chi connectivity index (χ0) is 9.42. The lowest BCUT2D eigenvalue weighted by Gasteiger charge is -2.20. The highest BCUT2D eigenvalue weighted by atomic mass is 79.9. The smallest absolute Gasteiger partial charge is 0.277 e. The molecule has 2 rings (SSSR count). The van der Waals surface area contributed by atoms with Gasteiger partial charge < -0.3 is 10.1 Å². The number of halogens is 2. The van der Waals surface area contributed by atoms with E-state index in [0.29, 0.717) is 16.2 Å². The van der Waals surface area contributed by atoms with Crippen molar-refractivity contribution in [2.45, 2.75) is 5.01 Å². The van der Waals surface area contributed by atoms with Crippen LogP contribution in [0.15, 0.2) is 16.7 Å². The maximum absolute atomic E-state index is 11.1. The van der Waals surface area contributed by atoms with E-state index in [2.05, 4.69) is 42.2 Å². The predicted octanol–water partition coefficient (Wildman–Crippen LogP) is 1.90. The van der Waals surface area contributed by atoms with Crippen LogP contribution in [0, 0.1) is 0 Å². The van der Waals surface area contributed by atoms with Crippen LogP contribution < -0.4 is 10.1 Å². The van der Waals surface area contributed by atoms with Crippen molar-refractivity contribution in [1.29, 1.82) is 0 Å². The van der Waals surface area contributed by atoms with E-state index >= 15 is 0 Å². The number of ether oxygens (including phenoxy) is 1. The normalized spacial score (nSPS) is 20.2. The molecule has 0 aliphatic carbocycles. The van der Waals surface area contributed by atoms with Crippen LogP contribution in [0.3, 0.4) is 0 Å². The van der Waals surface area contributed by atoms with Crippen molar-refractivity contribution < 1.29 is 9.53 Å². The number of pyridine rings is 1. The fourth-order valence-corrected chi connectivity index (χ4v) is 1.57. The number of anilines is 1. The molecule has 0 spiro atoms. The molecule has 2 heterocycles. The second-order valence-corrected chi connectivity index (χ2v) is 4.05. The maximum atomic E-state index is 11.1. The van der Waals surface area contributed by atoms with Crippen LogP contribution in [-0.4, -0.2) is 15.9 Å². The highest BCUT2D eigenvalue weighted by molar-refractivity contribution is 9.10. The summed E-state index contributed by atoms with van der Waals surface area (Å²) in [5, 5.41) is 1.96. The van der Waals surface area contributed by atoms with Crippen LogP contribution in [0.25, 0.3) is 0 Å². The molecule has 0 aromatic carbocycles. The highest BCUT2D eigenvalue weighted by Crippen LogP contribution is 2.30. The Morgan fingerprint density at radius 3 is 3.08 bits per heavy atom. The third-order valence-electron chi connectivity index (χ3n) is 1.50. The van der Waals surface area contributed by atoms with Gasteiger partial charge in [0.25, 0.3) is 5.91 Å². The van der Waals surface area contributed by atoms with Crippen molar-refractivity contribution in [3.8, 4) is 5.75 Å². The Hall–Kier alpha value is -0.620. The van der Waals surface area contributed by atoms with Crippen molar-refractivity contribution in [2.75, 3.05) is 5.32 Å². The van der Waals surface area contributed by atoms with E-state index in [9.17, 15) is 4.79 Å². The van der Waals surface area contributed by atoms with Gasteiger partial charge in [0.1, 0.15) is 4.60 Å². The van der Waals surface area contributed by atoms with E-state index < -0.39 is 5.01 Å². The van der Waals surface area contributed by atoms with E-state index in [4.69, 9.17) is 4.74 Å². The van der Waals surface area contributed by atoms with Crippen LogP contribution >= 0.6 is 31.9 Å². The van der Waals surface area contributed by atoms with Gasteiger partial charge in [0.15, 0.2) is 11.6 Å². The molecule has 1 atom stereocenters. The van der Waals surface area contributed by atoms with Crippen LogP contribution in [0.5, 0.6) is 5.75 Å². The quantitative estimate of drug-likeness (QED) is 0.588. The van der Waals surface area contributed by atoms with E-state index in [1.165, 1.54) is 0 Å². The lowest BCUT2D eigenvalue weighted by Crippen LogP contribution is -2.32. The Morgan fingerprint density at radius 2 is 2.31 bits per heavy atom. The van der Waals surface area contributed by atoms with Gasteiger partial charge >= 0.3 is 0 Å². The minimum absolute atomic E-state index is 0.252. The molecule has 1 N–H and O–H groups in total. The molecule has 0 saturated carbocycles. The molecule has 1 aromatic rings. The summed E-state index contributed by atoms with van der Waals surface area (Å²) in [6, 6.07) is 3.48. The first-order valence-electron chi connectivity index (χ1n) is 3.45. The van der Waals surface area contributed by atoms with Gasteiger partial charge in [-0.05, 0) is 44.0 Å². The minimum atomic E-state index is -0.636. The average Bonchev–Trinajstić information content (AvgIpc) is 2.08. The lowest BCUT2D eigenvalue weighted by atomic mass is 10.4. The van der Waals surface area contributed by atoms with Crippen molar-refractivity contribution in [3.05, 3.63) is 16.7 Å². The van der Waals surface area contributed by atoms with Gasteiger partial charge in [-0.1, -0.05) is 0 Å². The first kappa shape index (κ1) is 8.96. The summed E-state index contributed by atoms with van der Waals surface area (Å²) >= 11 is 6.26. The molecule has 68 valence electrons. The van der Waals surface area contributed by atoms with Crippen LogP contribution in [0.4, 0.5) is 5.82 Å². The maximum Gasteiger partial charge on any atom is 0.277 e. The zero-order valence-corrected chi connectivity index (χ0v) is 9.42. The van der Waals surface area contributed by atoms with Crippen LogP contribution in [0.2, 0.25) is 0 Å². The summed E-state index contributed by atoms with van der Waals surface area (Å²) in [6.07, 6.45) is 0. The van der Waals surface area contributed by atoms with Gasteiger partial charge in [0.05, 0.1) is 0 Å². The number of carbonyl (C=O) groups is 1. The van der Waals surface area contributed by atoms with Gasteiger partial charge in [-0.25, -0.2) is 4.98 Å². The van der Waals surface area contributed by atoms with Gasteiger partial charge in [0, 0.05) is 0 Å². The molecule has 0 radical (unpaired) electrons. The van der Waals surface area contributed by atoms with E-state index in [0.717, 1.165) is 0 Å². The first-order valence-corrected chi connectivity index (χ1v) is 5.16. The minimum Gasteiger partial charge on any atom is -0.465 e. The summed E-state index contributed by atoms with van der Waals surface area (Å²) in [6.45, 7) is 0. The highest BCUT2D eigenvalue weighted by Gasteiger charge is 2.25. The number of alkyl halides is 1. The number of nitrogens with zero attached hydrogens (tertiary/aromatic N) is 1. The standard InChI is InChI=1S/C7H4Br2N2O2/c8-4-2-1-3-6(10-4)11-7(12)5(9)13-3/h1-2,5H,(H,10,11,12). The molecule has 0 bridgehead atoms. The Bertz CT molecular complexity index is 370. The van der Waals surface area contributed by atoms with Crippen LogP contribution in [0.1, 0.15) is 0 Å². The Labute approximate surface area is 90.9 Å². The molecule has 4 nitrogen and oxygen atoms in total. The van der Waals surface area contributed by atoms with Crippen molar-refractivity contribution in [1.82, 2.24) is 4.98 Å². The van der Waals surface area contributed by atoms with Crippen molar-refractivity contribution in [3.63, 3.8) is 0 Å².